The summed E-state index contributed by atoms with van der Waals surface area (Å²) < 4.78 is 67.9. The van der Waals surface area contributed by atoms with E-state index in [2.05, 4.69) is 234 Å². The Bertz CT molecular complexity index is 2510. The molecule has 0 aromatic heterocycles. The molecule has 0 aliphatic rings. The van der Waals surface area contributed by atoms with Gasteiger partial charge in [0, 0.05) is 66.0 Å². The van der Waals surface area contributed by atoms with Crippen molar-refractivity contribution >= 4 is 78.1 Å². The van der Waals surface area contributed by atoms with Gasteiger partial charge in [-0.3, -0.25) is 0 Å². The molecule has 0 saturated heterocycles. The van der Waals surface area contributed by atoms with Gasteiger partial charge in [0.15, 0.2) is 0 Å². The van der Waals surface area contributed by atoms with Crippen LogP contribution in [0, 0.1) is 47.1 Å². The zero-order valence-electron chi connectivity index (χ0n) is 40.7. The topological polar surface area (TPSA) is 184 Å². The molecule has 8 nitrogen and oxygen atoms in total. The summed E-state index contributed by atoms with van der Waals surface area (Å²) in [4.78, 5) is 0. The van der Waals surface area contributed by atoms with E-state index in [-0.39, 0.29) is 52.7 Å². The largest absolute Gasteiger partial charge is 0.222 e. The van der Waals surface area contributed by atoms with E-state index < -0.39 is 42.9 Å². The van der Waals surface area contributed by atoms with Gasteiger partial charge in [0.05, 0.1) is 0 Å². The Labute approximate surface area is 482 Å². The maximum Gasteiger partial charge on any atom is 0.0408 e. The Kier molecular flexibility index (Phi) is 31.6. The first-order chi connectivity index (χ1) is 34.7. The van der Waals surface area contributed by atoms with E-state index in [0.29, 0.717) is 0 Å². The van der Waals surface area contributed by atoms with Gasteiger partial charge in [-0.15, -0.1) is 20.5 Å². The first kappa shape index (κ1) is 67.6. The molecule has 9 aromatic carbocycles. The van der Waals surface area contributed by atoms with Crippen molar-refractivity contribution in [3.8, 4) is 0 Å². The molecule has 0 amide bonds. The number of halogens is 2. The van der Waals surface area contributed by atoms with Crippen molar-refractivity contribution in [1.82, 2.24) is 0 Å². The second-order valence-corrected chi connectivity index (χ2v) is 27.4. The van der Waals surface area contributed by atoms with Gasteiger partial charge in [-0.05, 0) is 97.6 Å². The summed E-state index contributed by atoms with van der Waals surface area (Å²) >= 11 is 0. The van der Waals surface area contributed by atoms with Gasteiger partial charge in [-0.2, -0.15) is 41.2 Å². The van der Waals surface area contributed by atoms with E-state index in [1.54, 1.807) is 0 Å². The molecule has 0 aliphatic carbocycles. The predicted octanol–water partition coefficient (Wildman–Crippen LogP) is 3.15. The van der Waals surface area contributed by atoms with Crippen LogP contribution in [0.5, 0.6) is 0 Å². The van der Waals surface area contributed by atoms with E-state index in [9.17, 15) is 0 Å². The maximum atomic E-state index is 8.49. The van der Waals surface area contributed by atoms with Crippen LogP contribution in [0.2, 0.25) is 0 Å². The molecule has 0 saturated carbocycles. The first-order valence-corrected chi connectivity index (χ1v) is 32.1. The molecule has 9 aromatic rings. The maximum absolute atomic E-state index is 8.49. The molecule has 0 spiro atoms. The molecule has 16 heteroatoms. The molecule has 0 atom stereocenters. The molecule has 75 heavy (non-hydrogen) atoms. The summed E-state index contributed by atoms with van der Waals surface area (Å²) in [6, 6.07) is 95.1. The average molecular weight is 1480 g/mol. The Morgan fingerprint density at radius 1 is 0.267 bits per heavy atom. The standard InChI is InChI=1S/C18H15P.2C14H14P.C13H13P.2Au.2ClHO4/c1-4-10-16(11-5-1)19(17-12-6-2-7-13-17)18-14-8-3-9-15-18;2*1-15(2,13-9-5-3-6-10-13)14-11-7-4-8-12-14;1-14(12-8-4-2-5-9-12)13-10-6-3-7-11-13;;;2*2-1(3,4)5/h1-15H;2*3-12H,1-2H2;2-11H,1H3;;;2*(H,2,3,4,5)/q;2*-1;;;;;/p-2. The summed E-state index contributed by atoms with van der Waals surface area (Å²) in [5.41, 5.74) is 0. The molecular formula is C59H56Au2Cl2O8P4-4. The number of hydrogen-bond donors (Lipinski definition) is 0. The van der Waals surface area contributed by atoms with Crippen LogP contribution in [0.3, 0.4) is 0 Å². The summed E-state index contributed by atoms with van der Waals surface area (Å²) in [6.45, 7) is 19.5. The van der Waals surface area contributed by atoms with Crippen LogP contribution in [0.4, 0.5) is 0 Å². The van der Waals surface area contributed by atoms with Crippen LogP contribution < -0.4 is 85.0 Å². The van der Waals surface area contributed by atoms with Crippen molar-refractivity contribution in [1.29, 1.82) is 0 Å². The molecule has 0 bridgehead atoms. The molecule has 400 valence electrons. The molecule has 2 radical (unpaired) electrons. The summed E-state index contributed by atoms with van der Waals surface area (Å²) in [7, 11) is -13.8. The second-order valence-electron chi connectivity index (χ2n) is 15.6. The van der Waals surface area contributed by atoms with Crippen molar-refractivity contribution in [2.45, 2.75) is 0 Å². The molecule has 0 aliphatic heterocycles. The monoisotopic (exact) mass is 1480 g/mol. The molecule has 0 N–H and O–H groups in total. The van der Waals surface area contributed by atoms with Crippen LogP contribution in [-0.4, -0.2) is 6.66 Å². The van der Waals surface area contributed by atoms with Gasteiger partial charge >= 0.3 is 0 Å². The SMILES string of the molecule is CP(c1ccccc1)c1ccccc1.[Au].[Au].[CH2-][P+]([CH2-])(c1ccccc1)c1ccccc1.[CH2-][P+]([CH2-])(c1ccccc1)c1ccccc1.[O-][Cl+3]([O-])([O-])[O-].[O-][Cl+3]([O-])([O-])[O-].c1ccc(P(c2ccccc2)c2ccccc2)cc1. The van der Waals surface area contributed by atoms with Crippen LogP contribution in [0.15, 0.2) is 273 Å². The Morgan fingerprint density at radius 3 is 0.560 bits per heavy atom. The van der Waals surface area contributed by atoms with E-state index >= 15 is 0 Å². The average Bonchev–Trinajstić information content (AvgIpc) is 3.41. The minimum atomic E-state index is -4.94. The Morgan fingerprint density at radius 2 is 0.400 bits per heavy atom. The normalized spacial score (nSPS) is 10.8. The Balaban J connectivity index is 0.000000321. The van der Waals surface area contributed by atoms with Gasteiger partial charge in [0.2, 0.25) is 0 Å². The fourth-order valence-electron chi connectivity index (χ4n) is 6.78. The van der Waals surface area contributed by atoms with E-state index in [4.69, 9.17) is 37.3 Å². The van der Waals surface area contributed by atoms with Crippen molar-refractivity contribution in [3.05, 3.63) is 300 Å². The number of rotatable bonds is 9. The smallest absolute Gasteiger partial charge is 0.0408 e. The van der Waals surface area contributed by atoms with Crippen LogP contribution in [0.1, 0.15) is 0 Å². The predicted molar refractivity (Wildman–Crippen MR) is 290 cm³/mol. The fraction of sp³-hybridized carbons (Fsp3) is 0.0169. The van der Waals surface area contributed by atoms with Gasteiger partial charge in [0.1, 0.15) is 0 Å². The van der Waals surface area contributed by atoms with E-state index in [1.807, 2.05) is 72.8 Å². The van der Waals surface area contributed by atoms with Gasteiger partial charge in [-0.1, -0.05) is 224 Å². The Hall–Kier alpha value is -3.56. The minimum Gasteiger partial charge on any atom is -0.222 e. The number of hydrogen-bond acceptors (Lipinski definition) is 8. The molecule has 0 unspecified atom stereocenters. The molecular weight excluding hydrogens is 1430 g/mol. The van der Waals surface area contributed by atoms with Gasteiger partial charge in [-0.25, -0.2) is 37.3 Å². The minimum absolute atomic E-state index is 0. The third-order valence-corrected chi connectivity index (χ3v) is 20.1. The molecule has 0 fully saturated rings. The summed E-state index contributed by atoms with van der Waals surface area (Å²) in [6.07, 6.45) is 0. The third-order valence-electron chi connectivity index (χ3n) is 10.3. The second kappa shape index (κ2) is 35.1. The summed E-state index contributed by atoms with van der Waals surface area (Å²) in [5, 5.41) is 12.1. The van der Waals surface area contributed by atoms with Crippen molar-refractivity contribution in [2.24, 2.45) is 0 Å². The van der Waals surface area contributed by atoms with Crippen molar-refractivity contribution in [3.63, 3.8) is 0 Å². The zero-order chi connectivity index (χ0) is 53.2. The quantitative estimate of drug-likeness (QED) is 0.120. The molecule has 9 rings (SSSR count). The van der Waals surface area contributed by atoms with Crippen LogP contribution in [-0.2, 0) is 44.8 Å². The first-order valence-electron chi connectivity index (χ1n) is 22.2. The third kappa shape index (κ3) is 26.1. The van der Waals surface area contributed by atoms with E-state index in [0.717, 1.165) is 0 Å². The zero-order valence-corrected chi connectivity index (χ0v) is 50.1. The fourth-order valence-corrected chi connectivity index (χ4v) is 14.2. The van der Waals surface area contributed by atoms with Crippen LogP contribution in [0.25, 0.3) is 0 Å². The van der Waals surface area contributed by atoms with E-state index in [1.165, 1.54) is 47.7 Å². The summed E-state index contributed by atoms with van der Waals surface area (Å²) in [5.74, 6) is 0. The number of benzene rings is 9. The van der Waals surface area contributed by atoms with Gasteiger partial charge < -0.3 is 0 Å². The molecule has 0 heterocycles. The van der Waals surface area contributed by atoms with Crippen molar-refractivity contribution in [2.75, 3.05) is 6.66 Å². The van der Waals surface area contributed by atoms with Crippen LogP contribution >= 0.6 is 30.4 Å². The van der Waals surface area contributed by atoms with Gasteiger partial charge in [0.25, 0.3) is 0 Å². The van der Waals surface area contributed by atoms with Crippen molar-refractivity contribution < 1.29 is 103 Å².